The average molecular weight is 395 g/mol. The van der Waals surface area contributed by atoms with Crippen molar-refractivity contribution in [2.75, 3.05) is 0 Å². The van der Waals surface area contributed by atoms with Gasteiger partial charge in [0.1, 0.15) is 11.2 Å². The lowest BCUT2D eigenvalue weighted by molar-refractivity contribution is 0.669. The number of benzene rings is 3. The van der Waals surface area contributed by atoms with Crippen LogP contribution in [0.3, 0.4) is 0 Å². The van der Waals surface area contributed by atoms with E-state index in [4.69, 9.17) is 16.6 Å². The Morgan fingerprint density at radius 1 is 1.00 bits per heavy atom. The van der Waals surface area contributed by atoms with Crippen molar-refractivity contribution in [2.24, 2.45) is 0 Å². The quantitative estimate of drug-likeness (QED) is 0.373. The molecular formula is C27H22OS. The predicted octanol–water partition coefficient (Wildman–Crippen LogP) is 6.38. The molecule has 29 heavy (non-hydrogen) atoms. The van der Waals surface area contributed by atoms with E-state index >= 15 is 0 Å². The molecule has 2 heteroatoms. The van der Waals surface area contributed by atoms with Crippen LogP contribution in [0.15, 0.2) is 59.0 Å². The zero-order chi connectivity index (χ0) is 19.8. The molecule has 1 aliphatic carbocycles. The summed E-state index contributed by atoms with van der Waals surface area (Å²) in [6.45, 7) is 2.16. The van der Waals surface area contributed by atoms with Gasteiger partial charge in [-0.3, -0.25) is 0 Å². The molecule has 0 atom stereocenters. The van der Waals surface area contributed by atoms with Crippen LogP contribution in [0.25, 0.3) is 51.3 Å². The highest BCUT2D eigenvalue weighted by atomic mass is 32.1. The molecule has 0 aliphatic heterocycles. The minimum absolute atomic E-state index is 0.919. The SMILES string of the molecule is CC/C=C\c1cc2c(c(-c3cccc4oc5ccccc5c34)c1C=S)=CCCC=2. The second kappa shape index (κ2) is 7.46. The Labute approximate surface area is 175 Å². The van der Waals surface area contributed by atoms with Gasteiger partial charge in [-0.15, -0.1) is 0 Å². The molecule has 0 N–H and O–H groups in total. The van der Waals surface area contributed by atoms with Crippen molar-refractivity contribution in [1.29, 1.82) is 0 Å². The zero-order valence-corrected chi connectivity index (χ0v) is 17.3. The summed E-state index contributed by atoms with van der Waals surface area (Å²) in [6, 6.07) is 16.9. The molecule has 0 bridgehead atoms. The highest BCUT2D eigenvalue weighted by Crippen LogP contribution is 2.36. The van der Waals surface area contributed by atoms with Crippen molar-refractivity contribution in [3.05, 3.63) is 76.2 Å². The number of thiocarbonyl (C=S) groups is 1. The van der Waals surface area contributed by atoms with Crippen LogP contribution in [-0.4, -0.2) is 5.37 Å². The van der Waals surface area contributed by atoms with Gasteiger partial charge >= 0.3 is 0 Å². The molecule has 0 radical (unpaired) electrons. The first-order valence-corrected chi connectivity index (χ1v) is 10.7. The number of furan rings is 1. The maximum absolute atomic E-state index is 6.16. The molecule has 0 saturated carbocycles. The Kier molecular flexibility index (Phi) is 4.65. The van der Waals surface area contributed by atoms with Gasteiger partial charge in [0.05, 0.1) is 0 Å². The fourth-order valence-corrected chi connectivity index (χ4v) is 4.65. The Hall–Kier alpha value is -2.97. The lowest BCUT2D eigenvalue weighted by Crippen LogP contribution is -2.30. The summed E-state index contributed by atoms with van der Waals surface area (Å²) >= 11 is 5.54. The Morgan fingerprint density at radius 3 is 2.69 bits per heavy atom. The largest absolute Gasteiger partial charge is 0.456 e. The normalized spacial score (nSPS) is 13.4. The summed E-state index contributed by atoms with van der Waals surface area (Å²) in [6.07, 6.45) is 12.3. The van der Waals surface area contributed by atoms with Crippen molar-refractivity contribution in [3.63, 3.8) is 0 Å². The third kappa shape index (κ3) is 2.95. The van der Waals surface area contributed by atoms with Gasteiger partial charge < -0.3 is 4.42 Å². The maximum atomic E-state index is 6.16. The first-order valence-electron chi connectivity index (χ1n) is 10.2. The van der Waals surface area contributed by atoms with Crippen molar-refractivity contribution in [1.82, 2.24) is 0 Å². The third-order valence-corrected chi connectivity index (χ3v) is 5.91. The van der Waals surface area contributed by atoms with Crippen LogP contribution in [0.2, 0.25) is 0 Å². The predicted molar refractivity (Wildman–Crippen MR) is 129 cm³/mol. The van der Waals surface area contributed by atoms with E-state index in [0.717, 1.165) is 41.4 Å². The minimum Gasteiger partial charge on any atom is -0.456 e. The second-order valence-electron chi connectivity index (χ2n) is 7.45. The van der Waals surface area contributed by atoms with E-state index < -0.39 is 0 Å². The molecule has 0 spiro atoms. The van der Waals surface area contributed by atoms with Crippen LogP contribution in [0.4, 0.5) is 0 Å². The molecule has 0 amide bonds. The number of fused-ring (bicyclic) bond motifs is 4. The van der Waals surface area contributed by atoms with Gasteiger partial charge in [-0.25, -0.2) is 0 Å². The number of allylic oxidation sites excluding steroid dienone is 1. The topological polar surface area (TPSA) is 13.1 Å². The Morgan fingerprint density at radius 2 is 1.83 bits per heavy atom. The lowest BCUT2D eigenvalue weighted by Gasteiger charge is -2.15. The first kappa shape index (κ1) is 18.1. The molecule has 3 aromatic carbocycles. The van der Waals surface area contributed by atoms with Gasteiger partial charge in [0.15, 0.2) is 0 Å². The molecule has 1 nitrogen and oxygen atoms in total. The highest BCUT2D eigenvalue weighted by molar-refractivity contribution is 7.79. The molecule has 1 aromatic heterocycles. The highest BCUT2D eigenvalue weighted by Gasteiger charge is 2.17. The van der Waals surface area contributed by atoms with Gasteiger partial charge in [-0.2, -0.15) is 0 Å². The second-order valence-corrected chi connectivity index (χ2v) is 7.68. The lowest BCUT2D eigenvalue weighted by atomic mass is 9.88. The molecule has 0 fully saturated rings. The molecule has 1 aliphatic rings. The van der Waals surface area contributed by atoms with Gasteiger partial charge in [0.25, 0.3) is 0 Å². The van der Waals surface area contributed by atoms with Gasteiger partial charge in [0.2, 0.25) is 0 Å². The fraction of sp³-hybridized carbons (Fsp3) is 0.148. The number of rotatable bonds is 4. The zero-order valence-electron chi connectivity index (χ0n) is 16.4. The molecule has 1 heterocycles. The summed E-state index contributed by atoms with van der Waals surface area (Å²) in [5.41, 5.74) is 6.56. The van der Waals surface area contributed by atoms with Gasteiger partial charge in [0, 0.05) is 21.7 Å². The van der Waals surface area contributed by atoms with E-state index in [1.54, 1.807) is 0 Å². The monoisotopic (exact) mass is 394 g/mol. The maximum Gasteiger partial charge on any atom is 0.136 e. The van der Waals surface area contributed by atoms with Crippen molar-refractivity contribution in [3.8, 4) is 11.1 Å². The summed E-state index contributed by atoms with van der Waals surface area (Å²) in [7, 11) is 0. The van der Waals surface area contributed by atoms with Crippen LogP contribution in [-0.2, 0) is 0 Å². The van der Waals surface area contributed by atoms with E-state index in [9.17, 15) is 0 Å². The van der Waals surface area contributed by atoms with Crippen molar-refractivity contribution < 1.29 is 4.42 Å². The van der Waals surface area contributed by atoms with Crippen LogP contribution >= 0.6 is 12.2 Å². The molecule has 0 unspecified atom stereocenters. The molecule has 5 rings (SSSR count). The first-order chi connectivity index (χ1) is 14.3. The van der Waals surface area contributed by atoms with Crippen LogP contribution in [0, 0.1) is 0 Å². The van der Waals surface area contributed by atoms with Crippen LogP contribution < -0.4 is 10.4 Å². The summed E-state index contributed by atoms with van der Waals surface area (Å²) < 4.78 is 6.16. The van der Waals surface area contributed by atoms with E-state index in [0.29, 0.717) is 0 Å². The smallest absolute Gasteiger partial charge is 0.136 e. The average Bonchev–Trinajstić information content (AvgIpc) is 3.15. The van der Waals surface area contributed by atoms with Crippen LogP contribution in [0.5, 0.6) is 0 Å². The van der Waals surface area contributed by atoms with E-state index in [1.807, 2.05) is 17.5 Å². The number of hydrogen-bond acceptors (Lipinski definition) is 2. The number of hydrogen-bond donors (Lipinski definition) is 0. The Bertz CT molecular complexity index is 1400. The van der Waals surface area contributed by atoms with Gasteiger partial charge in [-0.1, -0.05) is 73.8 Å². The summed E-state index contributed by atoms with van der Waals surface area (Å²) in [4.78, 5) is 0. The van der Waals surface area contributed by atoms with E-state index in [1.165, 1.54) is 32.5 Å². The molecule has 4 aromatic rings. The van der Waals surface area contributed by atoms with Crippen LogP contribution in [0.1, 0.15) is 37.3 Å². The van der Waals surface area contributed by atoms with Crippen molar-refractivity contribution in [2.45, 2.75) is 26.2 Å². The molecule has 142 valence electrons. The third-order valence-electron chi connectivity index (χ3n) is 5.67. The summed E-state index contributed by atoms with van der Waals surface area (Å²) in [5, 5.41) is 6.75. The van der Waals surface area contributed by atoms with E-state index in [2.05, 4.69) is 67.6 Å². The standard InChI is InChI=1S/C27H22OS/c1-2-3-9-19-16-18-10-4-5-11-20(18)26(23(19)17-29)22-13-8-15-25-27(22)21-12-6-7-14-24(21)28-25/h3,6-17H,2,4-5H2,1H3/b9-3-. The Balaban J connectivity index is 1.97. The van der Waals surface area contributed by atoms with Gasteiger partial charge in [-0.05, 0) is 64.6 Å². The minimum atomic E-state index is 0.919. The summed E-state index contributed by atoms with van der Waals surface area (Å²) in [5.74, 6) is 0. The fourth-order valence-electron chi connectivity index (χ4n) is 4.39. The van der Waals surface area contributed by atoms with E-state index in [-0.39, 0.29) is 0 Å². The number of para-hydroxylation sites is 1. The molecule has 0 saturated heterocycles. The van der Waals surface area contributed by atoms with Crippen molar-refractivity contribution >= 4 is 57.8 Å². The molecular weight excluding hydrogens is 372 g/mol.